The van der Waals surface area contributed by atoms with Crippen molar-refractivity contribution in [2.24, 2.45) is 5.92 Å². The number of benzene rings is 4. The zero-order valence-corrected chi connectivity index (χ0v) is 44.2. The normalized spacial score (nSPS) is 21.7. The Morgan fingerprint density at radius 2 is 1.74 bits per heavy atom. The van der Waals surface area contributed by atoms with E-state index in [1.807, 2.05) is 64.7 Å². The van der Waals surface area contributed by atoms with Gasteiger partial charge in [-0.15, -0.1) is 0 Å². The van der Waals surface area contributed by atoms with Crippen molar-refractivity contribution in [3.8, 4) is 11.4 Å². The average molecular weight is 1060 g/mol. The highest BCUT2D eigenvalue weighted by atomic mass is 19.1. The van der Waals surface area contributed by atoms with E-state index < -0.39 is 23.2 Å². The van der Waals surface area contributed by atoms with Gasteiger partial charge in [0.25, 0.3) is 5.91 Å². The van der Waals surface area contributed by atoms with Crippen molar-refractivity contribution >= 4 is 45.2 Å². The lowest BCUT2D eigenvalue weighted by Crippen LogP contribution is -2.41. The van der Waals surface area contributed by atoms with Crippen molar-refractivity contribution < 1.29 is 37.1 Å². The molecule has 2 saturated carbocycles. The molecule has 2 aliphatic carbocycles. The number of hydrogen-bond donors (Lipinski definition) is 1. The van der Waals surface area contributed by atoms with Gasteiger partial charge in [0, 0.05) is 48.8 Å². The van der Waals surface area contributed by atoms with Crippen LogP contribution in [0.3, 0.4) is 0 Å². The lowest BCUT2D eigenvalue weighted by molar-refractivity contribution is -0.0593. The molecular formula is C59H58F2N10O7. The number of H-pyrrole nitrogens is 1. The molecule has 8 aromatic rings. The molecule has 78 heavy (non-hydrogen) atoms. The van der Waals surface area contributed by atoms with Crippen molar-refractivity contribution in [2.45, 2.75) is 109 Å². The summed E-state index contributed by atoms with van der Waals surface area (Å²) in [7, 11) is 1.62. The first-order chi connectivity index (χ1) is 37.7. The molecular weight excluding hydrogens is 999 g/mol. The van der Waals surface area contributed by atoms with E-state index in [9.17, 15) is 9.59 Å². The first-order valence-corrected chi connectivity index (χ1v) is 26.6. The molecule has 17 nitrogen and oxygen atoms in total. The van der Waals surface area contributed by atoms with Gasteiger partial charge in [-0.05, 0) is 137 Å². The Hall–Kier alpha value is -8.12. The second kappa shape index (κ2) is 18.5. The first kappa shape index (κ1) is 49.5. The summed E-state index contributed by atoms with van der Waals surface area (Å²) >= 11 is 0. The molecule has 400 valence electrons. The minimum Gasteiger partial charge on any atom is -0.495 e. The fourth-order valence-electron chi connectivity index (χ4n) is 12.6. The molecule has 1 N–H and O–H groups in total. The topological polar surface area (TPSA) is 171 Å². The second-order valence-corrected chi connectivity index (χ2v) is 22.1. The summed E-state index contributed by atoms with van der Waals surface area (Å²) in [5.74, 6) is 1.12. The largest absolute Gasteiger partial charge is 0.495 e. The summed E-state index contributed by atoms with van der Waals surface area (Å²) in [4.78, 5) is 50.3. The number of rotatable bonds is 13. The van der Waals surface area contributed by atoms with Gasteiger partial charge in [0.1, 0.15) is 28.6 Å². The molecule has 4 atom stereocenters. The average Bonchev–Trinajstić information content (AvgIpc) is 3.79. The van der Waals surface area contributed by atoms with Crippen LogP contribution in [0.2, 0.25) is 0 Å². The number of ether oxygens (including phenoxy) is 3. The molecule has 1 amide bonds. The summed E-state index contributed by atoms with van der Waals surface area (Å²) in [5, 5.41) is 15.1. The molecule has 19 heteroatoms. The van der Waals surface area contributed by atoms with Crippen LogP contribution in [0.4, 0.5) is 20.3 Å². The highest BCUT2D eigenvalue weighted by molar-refractivity contribution is 6.02. The highest BCUT2D eigenvalue weighted by Crippen LogP contribution is 2.58. The van der Waals surface area contributed by atoms with E-state index in [1.165, 1.54) is 11.1 Å². The third-order valence-corrected chi connectivity index (χ3v) is 16.6. The molecule has 13 rings (SSSR count). The van der Waals surface area contributed by atoms with Crippen LogP contribution in [0.15, 0.2) is 107 Å². The number of nitrogens with zero attached hydrogens (tertiary/aromatic N) is 9. The molecule has 7 heterocycles. The van der Waals surface area contributed by atoms with Crippen LogP contribution in [0, 0.1) is 31.4 Å². The zero-order valence-electron chi connectivity index (χ0n) is 44.2. The van der Waals surface area contributed by atoms with Crippen molar-refractivity contribution in [3.05, 3.63) is 164 Å². The van der Waals surface area contributed by atoms with Gasteiger partial charge in [0.05, 0.1) is 77.7 Å². The molecule has 5 aliphatic rings. The predicted octanol–water partition coefficient (Wildman–Crippen LogP) is 9.97. The number of aromatic nitrogens is 7. The summed E-state index contributed by atoms with van der Waals surface area (Å²) in [6, 6.07) is 22.3. The number of aryl methyl sites for hydroxylation is 2. The second-order valence-electron chi connectivity index (χ2n) is 22.1. The standard InChI is InChI=1S/C59H58F2N10O7/c1-33-22-42(23-34(2)51(33)60)71-54(68-20-19-67(49(68)30-72)46-15-14-45-43(52(46)61)29-62-70(45)41-12-13-41)50-35(3)66(18-16-44(50)64-71)55(73)47-25-39-24-38(37-17-21-77-58(4,5)27-37)26-48(75-6)53(39)69(47)59(56-63-57(74)78-65-56)28-40(59)32-76-31-36-10-8-7-9-11-36/h7-11,14-15,19-20,22-26,29,35,37,40-41H,12-13,16-18,21,27-28,31-32H2,1-6H3,(H,63,65,74)/t35-,37-,40+,59-/m0/s1. The van der Waals surface area contributed by atoms with Gasteiger partial charge in [0.15, 0.2) is 17.6 Å². The number of amides is 1. The summed E-state index contributed by atoms with van der Waals surface area (Å²) in [5.41, 5.74) is 4.88. The third-order valence-electron chi connectivity index (χ3n) is 16.6. The lowest BCUT2D eigenvalue weighted by Gasteiger charge is -2.36. The van der Waals surface area contributed by atoms with Crippen LogP contribution in [0.25, 0.3) is 27.5 Å². The SMILES string of the molecule is COc1cc([C@H]2CCOC(C)(C)C2)cc2cc(C(=O)N3CCc4nn(-c5cc(C)c(F)c(C)c5)c(N5C=CN(c6ccc7c(cnn7C7CC7)c6F)C5=C=O)c4[C@@H]3C)n([C@@]3(c4noc(=O)[nH]4)C[C@@H]3COCc3ccccc3)c12. The Morgan fingerprint density at radius 1 is 0.962 bits per heavy atom. The molecule has 0 bridgehead atoms. The van der Waals surface area contributed by atoms with Crippen molar-refractivity contribution in [1.82, 2.24) is 39.2 Å². The number of anilines is 2. The molecule has 0 spiro atoms. The number of nitrogens with one attached hydrogen (secondary N) is 1. The van der Waals surface area contributed by atoms with E-state index in [1.54, 1.807) is 66.0 Å². The fraction of sp³-hybridized carbons (Fsp3) is 0.373. The van der Waals surface area contributed by atoms with E-state index in [4.69, 9.17) is 23.8 Å². The maximum Gasteiger partial charge on any atom is 0.438 e. The van der Waals surface area contributed by atoms with Crippen LogP contribution in [-0.2, 0) is 32.8 Å². The number of aromatic amines is 1. The summed E-state index contributed by atoms with van der Waals surface area (Å²) in [6.07, 6.45) is 9.03. The predicted molar refractivity (Wildman–Crippen MR) is 286 cm³/mol. The third kappa shape index (κ3) is 7.99. The number of hydrogen-bond acceptors (Lipinski definition) is 12. The van der Waals surface area contributed by atoms with E-state index in [0.29, 0.717) is 87.8 Å². The molecule has 0 radical (unpaired) electrons. The van der Waals surface area contributed by atoms with Crippen LogP contribution >= 0.6 is 0 Å². The fourth-order valence-corrected chi connectivity index (χ4v) is 12.6. The highest BCUT2D eigenvalue weighted by Gasteiger charge is 2.62. The van der Waals surface area contributed by atoms with Crippen molar-refractivity contribution in [2.75, 3.05) is 36.7 Å². The maximum atomic E-state index is 16.7. The van der Waals surface area contributed by atoms with Crippen LogP contribution < -0.4 is 20.3 Å². The van der Waals surface area contributed by atoms with E-state index in [0.717, 1.165) is 42.2 Å². The summed E-state index contributed by atoms with van der Waals surface area (Å²) in [6.45, 7) is 10.9. The van der Waals surface area contributed by atoms with Gasteiger partial charge in [-0.1, -0.05) is 35.5 Å². The van der Waals surface area contributed by atoms with E-state index in [-0.39, 0.29) is 65.7 Å². The molecule has 4 aromatic carbocycles. The quantitative estimate of drug-likeness (QED) is 0.109. The van der Waals surface area contributed by atoms with Crippen molar-refractivity contribution in [1.29, 1.82) is 0 Å². The van der Waals surface area contributed by atoms with Gasteiger partial charge >= 0.3 is 5.76 Å². The monoisotopic (exact) mass is 1060 g/mol. The first-order valence-electron chi connectivity index (χ1n) is 26.6. The molecule has 4 aromatic heterocycles. The number of carbonyl (C=O) groups excluding carboxylic acids is 2. The minimum absolute atomic E-state index is 0.0493. The van der Waals surface area contributed by atoms with Crippen LogP contribution in [0.1, 0.15) is 121 Å². The Kier molecular flexibility index (Phi) is 11.7. The Bertz CT molecular complexity index is 3860. The smallest absolute Gasteiger partial charge is 0.438 e. The Morgan fingerprint density at radius 3 is 2.46 bits per heavy atom. The number of fused-ring (bicyclic) bond motifs is 3. The number of halogens is 2. The van der Waals surface area contributed by atoms with Crippen molar-refractivity contribution in [3.63, 3.8) is 0 Å². The Balaban J connectivity index is 0.938. The number of carbonyl (C=O) groups is 1. The molecule has 3 aliphatic heterocycles. The van der Waals surface area contributed by atoms with Gasteiger partial charge < -0.3 is 23.7 Å². The summed E-state index contributed by atoms with van der Waals surface area (Å²) < 4.78 is 61.7. The van der Waals surface area contributed by atoms with Crippen LogP contribution in [-0.4, -0.2) is 83.5 Å². The van der Waals surface area contributed by atoms with Gasteiger partial charge in [-0.2, -0.15) is 10.2 Å². The molecule has 3 fully saturated rings. The molecule has 0 unspecified atom stereocenters. The van der Waals surface area contributed by atoms with Gasteiger partial charge in [-0.3, -0.25) is 28.8 Å². The van der Waals surface area contributed by atoms with Gasteiger partial charge in [0.2, 0.25) is 5.82 Å². The zero-order chi connectivity index (χ0) is 53.9. The van der Waals surface area contributed by atoms with E-state index in [2.05, 4.69) is 41.1 Å². The lowest BCUT2D eigenvalue weighted by atomic mass is 9.83. The van der Waals surface area contributed by atoms with E-state index >= 15 is 13.6 Å². The maximum absolute atomic E-state index is 16.7. The molecule has 1 saturated heterocycles. The number of methoxy groups -OCH3 is 1. The van der Waals surface area contributed by atoms with Gasteiger partial charge in [-0.25, -0.2) is 23.1 Å². The minimum atomic E-state index is -1.12. The Labute approximate surface area is 447 Å². The van der Waals surface area contributed by atoms with Crippen LogP contribution in [0.5, 0.6) is 5.75 Å².